The summed E-state index contributed by atoms with van der Waals surface area (Å²) in [6, 6.07) is 2.05. The minimum absolute atomic E-state index is 0.111. The molecule has 1 aromatic heterocycles. The molecule has 1 unspecified atom stereocenters. The lowest BCUT2D eigenvalue weighted by atomic mass is 9.88. The molecule has 5 nitrogen and oxygen atoms in total. The summed E-state index contributed by atoms with van der Waals surface area (Å²) in [5, 5.41) is 13.4. The van der Waals surface area contributed by atoms with Crippen LogP contribution in [0.4, 0.5) is 0 Å². The summed E-state index contributed by atoms with van der Waals surface area (Å²) >= 11 is 0. The highest BCUT2D eigenvalue weighted by atomic mass is 16.3. The van der Waals surface area contributed by atoms with E-state index < -0.39 is 0 Å². The van der Waals surface area contributed by atoms with Crippen LogP contribution in [0.5, 0.6) is 0 Å². The van der Waals surface area contributed by atoms with Crippen molar-refractivity contribution in [3.05, 3.63) is 18.0 Å². The zero-order chi connectivity index (χ0) is 16.8. The van der Waals surface area contributed by atoms with E-state index in [4.69, 9.17) is 5.11 Å². The molecule has 1 aliphatic rings. The lowest BCUT2D eigenvalue weighted by Crippen LogP contribution is -2.39. The number of rotatable bonds is 7. The number of carbonyl (C=O) groups is 1. The molecule has 1 atom stereocenters. The van der Waals surface area contributed by atoms with Gasteiger partial charge in [0.25, 0.3) is 0 Å². The monoisotopic (exact) mass is 321 g/mol. The Kier molecular flexibility index (Phi) is 6.63. The van der Waals surface area contributed by atoms with E-state index in [0.717, 1.165) is 32.4 Å². The van der Waals surface area contributed by atoms with E-state index in [1.165, 1.54) is 5.69 Å². The Balaban J connectivity index is 1.88. The normalized spacial score (nSPS) is 17.7. The zero-order valence-corrected chi connectivity index (χ0v) is 14.7. The Morgan fingerprint density at radius 2 is 2.09 bits per heavy atom. The van der Waals surface area contributed by atoms with Crippen molar-refractivity contribution >= 4 is 5.91 Å². The molecule has 1 fully saturated rings. The Morgan fingerprint density at radius 1 is 1.39 bits per heavy atom. The molecule has 130 valence electrons. The van der Waals surface area contributed by atoms with E-state index in [1.807, 2.05) is 15.6 Å². The maximum absolute atomic E-state index is 12.5. The molecule has 23 heavy (non-hydrogen) atoms. The molecule has 1 N–H and O–H groups in total. The van der Waals surface area contributed by atoms with Gasteiger partial charge in [-0.3, -0.25) is 9.48 Å². The number of hydrogen-bond donors (Lipinski definition) is 1. The SMILES string of the molecule is CCC(CC(=O)N1CCC(c2ccnn2CCO)CC1)C(C)C. The fraction of sp³-hybridized carbons (Fsp3) is 0.778. The summed E-state index contributed by atoms with van der Waals surface area (Å²) in [4.78, 5) is 14.5. The summed E-state index contributed by atoms with van der Waals surface area (Å²) in [7, 11) is 0. The molecule has 0 bridgehead atoms. The van der Waals surface area contributed by atoms with Crippen LogP contribution in [0.2, 0.25) is 0 Å². The van der Waals surface area contributed by atoms with Gasteiger partial charge in [-0.2, -0.15) is 5.10 Å². The number of nitrogens with zero attached hydrogens (tertiary/aromatic N) is 3. The third-order valence-corrected chi connectivity index (χ3v) is 5.23. The third kappa shape index (κ3) is 4.56. The van der Waals surface area contributed by atoms with Crippen molar-refractivity contribution in [1.82, 2.24) is 14.7 Å². The number of likely N-dealkylation sites (tertiary alicyclic amines) is 1. The summed E-state index contributed by atoms with van der Waals surface area (Å²) in [5.74, 6) is 1.81. The second-order valence-corrected chi connectivity index (χ2v) is 6.97. The average Bonchev–Trinajstić information content (AvgIpc) is 3.01. The van der Waals surface area contributed by atoms with Crippen molar-refractivity contribution in [2.24, 2.45) is 11.8 Å². The Bertz CT molecular complexity index is 490. The van der Waals surface area contributed by atoms with Crippen molar-refractivity contribution < 1.29 is 9.90 Å². The van der Waals surface area contributed by atoms with Crippen molar-refractivity contribution in [1.29, 1.82) is 0 Å². The summed E-state index contributed by atoms with van der Waals surface area (Å²) < 4.78 is 1.90. The molecular formula is C18H31N3O2. The van der Waals surface area contributed by atoms with Crippen molar-refractivity contribution in [2.75, 3.05) is 19.7 Å². The van der Waals surface area contributed by atoms with Crippen LogP contribution in [-0.4, -0.2) is 45.4 Å². The molecule has 0 spiro atoms. The van der Waals surface area contributed by atoms with Crippen LogP contribution in [0.3, 0.4) is 0 Å². The molecule has 0 radical (unpaired) electrons. The Hall–Kier alpha value is -1.36. The van der Waals surface area contributed by atoms with Gasteiger partial charge in [0.15, 0.2) is 0 Å². The van der Waals surface area contributed by atoms with Gasteiger partial charge < -0.3 is 10.0 Å². The Morgan fingerprint density at radius 3 is 2.65 bits per heavy atom. The quantitative estimate of drug-likeness (QED) is 0.840. The van der Waals surface area contributed by atoms with Gasteiger partial charge in [0.2, 0.25) is 5.91 Å². The maximum atomic E-state index is 12.5. The van der Waals surface area contributed by atoms with Crippen molar-refractivity contribution in [3.8, 4) is 0 Å². The molecule has 1 amide bonds. The minimum Gasteiger partial charge on any atom is -0.394 e. The molecular weight excluding hydrogens is 290 g/mol. The van der Waals surface area contributed by atoms with E-state index in [-0.39, 0.29) is 6.61 Å². The fourth-order valence-corrected chi connectivity index (χ4v) is 3.60. The number of aromatic nitrogens is 2. The number of piperidine rings is 1. The molecule has 1 aliphatic heterocycles. The van der Waals surface area contributed by atoms with Gasteiger partial charge in [0, 0.05) is 37.3 Å². The number of hydrogen-bond acceptors (Lipinski definition) is 3. The van der Waals surface area contributed by atoms with Crippen LogP contribution < -0.4 is 0 Å². The van der Waals surface area contributed by atoms with Gasteiger partial charge in [0.05, 0.1) is 13.2 Å². The number of aliphatic hydroxyl groups excluding tert-OH is 1. The maximum Gasteiger partial charge on any atom is 0.222 e. The van der Waals surface area contributed by atoms with Gasteiger partial charge in [0.1, 0.15) is 0 Å². The van der Waals surface area contributed by atoms with Gasteiger partial charge >= 0.3 is 0 Å². The Labute approximate surface area is 139 Å². The van der Waals surface area contributed by atoms with E-state index in [1.54, 1.807) is 6.20 Å². The highest BCUT2D eigenvalue weighted by molar-refractivity contribution is 5.76. The van der Waals surface area contributed by atoms with Crippen LogP contribution in [0, 0.1) is 11.8 Å². The molecule has 1 saturated heterocycles. The lowest BCUT2D eigenvalue weighted by Gasteiger charge is -2.33. The summed E-state index contributed by atoms with van der Waals surface area (Å²) in [5.41, 5.74) is 1.19. The largest absolute Gasteiger partial charge is 0.394 e. The minimum atomic E-state index is 0.111. The highest BCUT2D eigenvalue weighted by Gasteiger charge is 2.27. The van der Waals surface area contributed by atoms with Crippen LogP contribution in [0.25, 0.3) is 0 Å². The molecule has 2 rings (SSSR count). The number of carbonyl (C=O) groups excluding carboxylic acids is 1. The van der Waals surface area contributed by atoms with Crippen LogP contribution in [0.15, 0.2) is 12.3 Å². The standard InChI is InChI=1S/C18H31N3O2/c1-4-15(14(2)3)13-18(23)20-9-6-16(7-10-20)17-5-8-19-21(17)11-12-22/h5,8,14-16,22H,4,6-7,9-13H2,1-3H3. The van der Waals surface area contributed by atoms with E-state index >= 15 is 0 Å². The highest BCUT2D eigenvalue weighted by Crippen LogP contribution is 2.29. The molecule has 5 heteroatoms. The predicted octanol–water partition coefficient (Wildman–Crippen LogP) is 2.65. The smallest absolute Gasteiger partial charge is 0.222 e. The van der Waals surface area contributed by atoms with Crippen LogP contribution >= 0.6 is 0 Å². The number of amides is 1. The second-order valence-electron chi connectivity index (χ2n) is 6.97. The summed E-state index contributed by atoms with van der Waals surface area (Å²) in [6.07, 6.45) is 5.53. The van der Waals surface area contributed by atoms with Gasteiger partial charge in [-0.05, 0) is 30.7 Å². The average molecular weight is 321 g/mol. The fourth-order valence-electron chi connectivity index (χ4n) is 3.60. The van der Waals surface area contributed by atoms with E-state index in [2.05, 4.69) is 25.9 Å². The lowest BCUT2D eigenvalue weighted by molar-refractivity contribution is -0.133. The first-order valence-corrected chi connectivity index (χ1v) is 8.97. The first kappa shape index (κ1) is 18.0. The predicted molar refractivity (Wildman–Crippen MR) is 91.1 cm³/mol. The van der Waals surface area contributed by atoms with Crippen molar-refractivity contribution in [3.63, 3.8) is 0 Å². The first-order chi connectivity index (χ1) is 11.1. The second kappa shape index (κ2) is 8.48. The van der Waals surface area contributed by atoms with Gasteiger partial charge in [-0.1, -0.05) is 27.2 Å². The molecule has 1 aromatic rings. The zero-order valence-electron chi connectivity index (χ0n) is 14.7. The third-order valence-electron chi connectivity index (χ3n) is 5.23. The molecule has 0 aliphatic carbocycles. The topological polar surface area (TPSA) is 58.4 Å². The molecule has 2 heterocycles. The molecule has 0 saturated carbocycles. The van der Waals surface area contributed by atoms with E-state index in [0.29, 0.717) is 36.6 Å². The van der Waals surface area contributed by atoms with Crippen molar-refractivity contribution in [2.45, 2.75) is 58.9 Å². The van der Waals surface area contributed by atoms with Crippen LogP contribution in [-0.2, 0) is 11.3 Å². The molecule has 0 aromatic carbocycles. The van der Waals surface area contributed by atoms with Crippen LogP contribution in [0.1, 0.15) is 58.1 Å². The van der Waals surface area contributed by atoms with Gasteiger partial charge in [-0.15, -0.1) is 0 Å². The number of aliphatic hydroxyl groups is 1. The van der Waals surface area contributed by atoms with Gasteiger partial charge in [-0.25, -0.2) is 0 Å². The van der Waals surface area contributed by atoms with E-state index in [9.17, 15) is 4.79 Å². The summed E-state index contributed by atoms with van der Waals surface area (Å²) in [6.45, 7) is 8.91. The first-order valence-electron chi connectivity index (χ1n) is 8.97.